The first-order chi connectivity index (χ1) is 10.2. The molecule has 1 atom stereocenters. The van der Waals surface area contributed by atoms with Gasteiger partial charge < -0.3 is 14.8 Å². The number of hydrogen-bond donors (Lipinski definition) is 1. The molecule has 114 valence electrons. The number of halogens is 1. The van der Waals surface area contributed by atoms with Crippen molar-refractivity contribution in [1.82, 2.24) is 5.32 Å². The average Bonchev–Trinajstić information content (AvgIpc) is 3.01. The maximum atomic E-state index is 5.61. The Balaban J connectivity index is 2.08. The fraction of sp³-hybridized carbons (Fsp3) is 0.375. The number of nitrogens with one attached hydrogen (secondary N) is 1. The highest BCUT2D eigenvalue weighted by Crippen LogP contribution is 2.36. The molecule has 0 aliphatic rings. The molecule has 0 spiro atoms. The van der Waals surface area contributed by atoms with Gasteiger partial charge in [-0.05, 0) is 58.9 Å². The second kappa shape index (κ2) is 7.82. The van der Waals surface area contributed by atoms with Crippen LogP contribution in [0.1, 0.15) is 30.3 Å². The van der Waals surface area contributed by atoms with Crippen LogP contribution in [0.4, 0.5) is 0 Å². The minimum absolute atomic E-state index is 0.335. The van der Waals surface area contributed by atoms with Crippen LogP contribution in [0.5, 0.6) is 11.5 Å². The Morgan fingerprint density at radius 2 is 2.19 bits per heavy atom. The summed E-state index contributed by atoms with van der Waals surface area (Å²) in [5.74, 6) is 1.52. The van der Waals surface area contributed by atoms with Gasteiger partial charge in [-0.1, -0.05) is 6.07 Å². The van der Waals surface area contributed by atoms with Crippen LogP contribution in [-0.4, -0.2) is 13.7 Å². The van der Waals surface area contributed by atoms with E-state index in [1.165, 1.54) is 4.88 Å². The second-order valence-corrected chi connectivity index (χ2v) is 6.49. The number of hydrogen-bond acceptors (Lipinski definition) is 4. The van der Waals surface area contributed by atoms with Gasteiger partial charge in [0.25, 0.3) is 0 Å². The predicted octanol–water partition coefficient (Wildman–Crippen LogP) is 4.77. The van der Waals surface area contributed by atoms with Crippen molar-refractivity contribution >= 4 is 27.3 Å². The Bertz CT molecular complexity index is 572. The molecule has 1 aromatic carbocycles. The van der Waals surface area contributed by atoms with Crippen molar-refractivity contribution in [2.45, 2.75) is 26.4 Å². The fourth-order valence-electron chi connectivity index (χ4n) is 2.07. The van der Waals surface area contributed by atoms with E-state index in [-0.39, 0.29) is 0 Å². The van der Waals surface area contributed by atoms with Gasteiger partial charge >= 0.3 is 0 Å². The predicted molar refractivity (Wildman–Crippen MR) is 91.4 cm³/mol. The monoisotopic (exact) mass is 369 g/mol. The van der Waals surface area contributed by atoms with Crippen LogP contribution in [0, 0.1) is 0 Å². The maximum absolute atomic E-state index is 5.61. The molecule has 0 aliphatic heterocycles. The molecule has 0 bridgehead atoms. The van der Waals surface area contributed by atoms with Crippen LogP contribution in [0.15, 0.2) is 34.1 Å². The van der Waals surface area contributed by atoms with Crippen LogP contribution in [0.25, 0.3) is 0 Å². The zero-order valence-corrected chi connectivity index (χ0v) is 14.9. The highest BCUT2D eigenvalue weighted by atomic mass is 79.9. The summed E-state index contributed by atoms with van der Waals surface area (Å²) in [5, 5.41) is 5.63. The maximum Gasteiger partial charge on any atom is 0.175 e. The van der Waals surface area contributed by atoms with Gasteiger partial charge in [-0.3, -0.25) is 0 Å². The first-order valence-electron chi connectivity index (χ1n) is 6.91. The molecule has 0 radical (unpaired) electrons. The van der Waals surface area contributed by atoms with Gasteiger partial charge in [-0.15, -0.1) is 11.3 Å². The van der Waals surface area contributed by atoms with Crippen molar-refractivity contribution in [1.29, 1.82) is 0 Å². The molecule has 1 N–H and O–H groups in total. The third kappa shape index (κ3) is 4.22. The molecule has 1 aromatic heterocycles. The summed E-state index contributed by atoms with van der Waals surface area (Å²) in [5.41, 5.74) is 1.16. The van der Waals surface area contributed by atoms with Crippen LogP contribution in [-0.2, 0) is 6.54 Å². The topological polar surface area (TPSA) is 30.5 Å². The van der Waals surface area contributed by atoms with Gasteiger partial charge in [0.2, 0.25) is 0 Å². The summed E-state index contributed by atoms with van der Waals surface area (Å²) in [6, 6.07) is 8.65. The van der Waals surface area contributed by atoms with Crippen LogP contribution < -0.4 is 14.8 Å². The molecule has 2 rings (SSSR count). The Hall–Kier alpha value is -1.04. The minimum Gasteiger partial charge on any atom is -0.493 e. The van der Waals surface area contributed by atoms with Gasteiger partial charge in [0.15, 0.2) is 11.5 Å². The zero-order chi connectivity index (χ0) is 15.2. The van der Waals surface area contributed by atoms with Crippen LogP contribution in [0.3, 0.4) is 0 Å². The van der Waals surface area contributed by atoms with E-state index in [0.29, 0.717) is 12.6 Å². The molecule has 0 fully saturated rings. The molecule has 0 aliphatic carbocycles. The largest absolute Gasteiger partial charge is 0.493 e. The molecule has 1 heterocycles. The number of methoxy groups -OCH3 is 1. The van der Waals surface area contributed by atoms with Gasteiger partial charge in [-0.2, -0.15) is 0 Å². The lowest BCUT2D eigenvalue weighted by Gasteiger charge is -2.16. The lowest BCUT2D eigenvalue weighted by molar-refractivity contribution is 0.308. The standard InChI is InChI=1S/C16H20BrNO2S/c1-4-20-16-13(17)8-12(9-14(16)19-3)10-18-11(2)15-6-5-7-21-15/h5-9,11,18H,4,10H2,1-3H3/t11-/m0/s1. The minimum atomic E-state index is 0.335. The second-order valence-electron chi connectivity index (χ2n) is 4.66. The van der Waals surface area contributed by atoms with Crippen LogP contribution >= 0.6 is 27.3 Å². The Morgan fingerprint density at radius 1 is 1.38 bits per heavy atom. The molecular weight excluding hydrogens is 350 g/mol. The number of benzene rings is 1. The molecule has 0 saturated carbocycles. The molecule has 0 unspecified atom stereocenters. The van der Waals surface area contributed by atoms with Crippen LogP contribution in [0.2, 0.25) is 0 Å². The van der Waals surface area contributed by atoms with E-state index in [1.54, 1.807) is 18.4 Å². The van der Waals surface area contributed by atoms with Gasteiger partial charge in [0, 0.05) is 17.5 Å². The third-order valence-electron chi connectivity index (χ3n) is 3.16. The van der Waals surface area contributed by atoms with Gasteiger partial charge in [0.1, 0.15) is 0 Å². The van der Waals surface area contributed by atoms with Crippen molar-refractivity contribution in [3.05, 3.63) is 44.6 Å². The summed E-state index contributed by atoms with van der Waals surface area (Å²) in [4.78, 5) is 1.34. The van der Waals surface area contributed by atoms with Crippen molar-refractivity contribution in [3.63, 3.8) is 0 Å². The zero-order valence-electron chi connectivity index (χ0n) is 12.5. The van der Waals surface area contributed by atoms with E-state index >= 15 is 0 Å². The smallest absolute Gasteiger partial charge is 0.175 e. The van der Waals surface area contributed by atoms with Crippen molar-refractivity contribution in [3.8, 4) is 11.5 Å². The average molecular weight is 370 g/mol. The van der Waals surface area contributed by atoms with E-state index < -0.39 is 0 Å². The first-order valence-corrected chi connectivity index (χ1v) is 8.59. The van der Waals surface area contributed by atoms with E-state index in [9.17, 15) is 0 Å². The number of rotatable bonds is 7. The van der Waals surface area contributed by atoms with E-state index in [2.05, 4.69) is 51.7 Å². The Morgan fingerprint density at radius 3 is 2.81 bits per heavy atom. The highest BCUT2D eigenvalue weighted by Gasteiger charge is 2.12. The lowest BCUT2D eigenvalue weighted by atomic mass is 10.2. The molecule has 3 nitrogen and oxygen atoms in total. The SMILES string of the molecule is CCOc1c(Br)cc(CN[C@@H](C)c2cccs2)cc1OC. The van der Waals surface area contributed by atoms with Crippen molar-refractivity contribution in [2.24, 2.45) is 0 Å². The van der Waals surface area contributed by atoms with Crippen molar-refractivity contribution < 1.29 is 9.47 Å². The molecule has 0 amide bonds. The molecule has 21 heavy (non-hydrogen) atoms. The van der Waals surface area contributed by atoms with E-state index in [0.717, 1.165) is 28.1 Å². The summed E-state index contributed by atoms with van der Waals surface area (Å²) < 4.78 is 11.9. The lowest BCUT2D eigenvalue weighted by Crippen LogP contribution is -2.17. The Labute approximate surface area is 138 Å². The number of thiophene rings is 1. The fourth-order valence-corrected chi connectivity index (χ4v) is 3.43. The summed E-state index contributed by atoms with van der Waals surface area (Å²) in [6.07, 6.45) is 0. The quantitative estimate of drug-likeness (QED) is 0.762. The van der Waals surface area contributed by atoms with Gasteiger partial charge in [0.05, 0.1) is 18.2 Å². The van der Waals surface area contributed by atoms with Gasteiger partial charge in [-0.25, -0.2) is 0 Å². The van der Waals surface area contributed by atoms with E-state index in [1.807, 2.05) is 13.0 Å². The Kier molecular flexibility index (Phi) is 6.08. The molecule has 0 saturated heterocycles. The number of ether oxygens (including phenoxy) is 2. The first kappa shape index (κ1) is 16.3. The van der Waals surface area contributed by atoms with Crippen molar-refractivity contribution in [2.75, 3.05) is 13.7 Å². The summed E-state index contributed by atoms with van der Waals surface area (Å²) in [6.45, 7) is 5.53. The summed E-state index contributed by atoms with van der Waals surface area (Å²) in [7, 11) is 1.66. The highest BCUT2D eigenvalue weighted by molar-refractivity contribution is 9.10. The summed E-state index contributed by atoms with van der Waals surface area (Å²) >= 11 is 5.32. The molecule has 2 aromatic rings. The third-order valence-corrected chi connectivity index (χ3v) is 4.80. The molecule has 5 heteroatoms. The normalized spacial score (nSPS) is 12.2. The van der Waals surface area contributed by atoms with E-state index in [4.69, 9.17) is 9.47 Å². The molecular formula is C16H20BrNO2S.